The maximum atomic E-state index is 2.75. The summed E-state index contributed by atoms with van der Waals surface area (Å²) in [6.45, 7) is 18.0. The fourth-order valence-corrected chi connectivity index (χ4v) is 3.97. The van der Waals surface area contributed by atoms with E-state index in [9.17, 15) is 0 Å². The molecule has 2 fully saturated rings. The first kappa shape index (κ1) is 22.9. The van der Waals surface area contributed by atoms with Gasteiger partial charge < -0.3 is 9.80 Å². The molecule has 1 saturated carbocycles. The summed E-state index contributed by atoms with van der Waals surface area (Å²) < 4.78 is 0. The Hall–Kier alpha value is -0.0800. The van der Waals surface area contributed by atoms with Crippen LogP contribution in [0, 0.1) is 11.8 Å². The Morgan fingerprint density at radius 3 is 1.74 bits per heavy atom. The molecule has 0 radical (unpaired) electrons. The molecule has 23 heavy (non-hydrogen) atoms. The minimum Gasteiger partial charge on any atom is -0.304 e. The molecule has 0 aromatic heterocycles. The van der Waals surface area contributed by atoms with Gasteiger partial charge in [0.15, 0.2) is 0 Å². The Morgan fingerprint density at radius 2 is 1.30 bits per heavy atom. The Labute approximate surface area is 148 Å². The van der Waals surface area contributed by atoms with Crippen molar-refractivity contribution in [3.05, 3.63) is 0 Å². The van der Waals surface area contributed by atoms with Crippen molar-refractivity contribution in [1.82, 2.24) is 9.80 Å². The molecule has 0 bridgehead atoms. The van der Waals surface area contributed by atoms with Gasteiger partial charge in [0.1, 0.15) is 0 Å². The minimum atomic E-state index is 0.868. The molecule has 1 heterocycles. The Bertz CT molecular complexity index is 238. The van der Waals surface area contributed by atoms with Crippen LogP contribution >= 0.6 is 0 Å². The van der Waals surface area contributed by atoms with Gasteiger partial charge in [-0.25, -0.2) is 0 Å². The van der Waals surface area contributed by atoms with Crippen molar-refractivity contribution in [2.45, 2.75) is 92.5 Å². The van der Waals surface area contributed by atoms with Crippen LogP contribution in [0.4, 0.5) is 0 Å². The molecule has 0 amide bonds. The average Bonchev–Trinajstić information content (AvgIpc) is 2.65. The summed E-state index contributed by atoms with van der Waals surface area (Å²) in [5.74, 6) is 2.00. The Kier molecular flexibility index (Phi) is 14.2. The lowest BCUT2D eigenvalue weighted by atomic mass is 9.84. The molecule has 0 N–H and O–H groups in total. The third-order valence-electron chi connectivity index (χ3n) is 5.74. The molecule has 0 aromatic rings. The third-order valence-corrected chi connectivity index (χ3v) is 5.74. The predicted molar refractivity (Wildman–Crippen MR) is 106 cm³/mol. The van der Waals surface area contributed by atoms with Crippen LogP contribution in [0.2, 0.25) is 0 Å². The van der Waals surface area contributed by atoms with Gasteiger partial charge in [-0.05, 0) is 77.0 Å². The van der Waals surface area contributed by atoms with Crippen LogP contribution in [0.3, 0.4) is 0 Å². The molecule has 0 spiro atoms. The number of hydrogen-bond donors (Lipinski definition) is 0. The summed E-state index contributed by atoms with van der Waals surface area (Å²) in [6.07, 6.45) is 10.1. The van der Waals surface area contributed by atoms with Crippen LogP contribution in [0.5, 0.6) is 0 Å². The standard InChI is InChI=1S/C17H34N2.2C2H6/c1-4-15-10-12-19(13-11-15)14-16-6-8-17(9-7-16)18(3)5-2;2*1-2/h15-17H,4-14H2,1-3H3;2*1-2H3. The summed E-state index contributed by atoms with van der Waals surface area (Å²) in [7, 11) is 2.29. The van der Waals surface area contributed by atoms with E-state index in [0.29, 0.717) is 0 Å². The van der Waals surface area contributed by atoms with Crippen molar-refractivity contribution >= 4 is 0 Å². The highest BCUT2D eigenvalue weighted by Crippen LogP contribution is 2.29. The van der Waals surface area contributed by atoms with E-state index in [1.165, 1.54) is 71.1 Å². The first-order valence-corrected chi connectivity index (χ1v) is 10.7. The Balaban J connectivity index is 0.00000112. The number of nitrogens with zero attached hydrogens (tertiary/aromatic N) is 2. The zero-order valence-corrected chi connectivity index (χ0v) is 17.4. The van der Waals surface area contributed by atoms with Crippen LogP contribution in [0.15, 0.2) is 0 Å². The third kappa shape index (κ3) is 8.54. The van der Waals surface area contributed by atoms with E-state index in [4.69, 9.17) is 0 Å². The Morgan fingerprint density at radius 1 is 0.783 bits per heavy atom. The fraction of sp³-hybridized carbons (Fsp3) is 1.00. The number of hydrogen-bond acceptors (Lipinski definition) is 2. The molecule has 2 aliphatic rings. The van der Waals surface area contributed by atoms with Crippen LogP contribution in [0.1, 0.15) is 86.5 Å². The molecule has 1 aliphatic heterocycles. The molecule has 0 unspecified atom stereocenters. The largest absolute Gasteiger partial charge is 0.304 e. The van der Waals surface area contributed by atoms with Gasteiger partial charge in [-0.2, -0.15) is 0 Å². The molecular formula is C21H46N2. The summed E-state index contributed by atoms with van der Waals surface area (Å²) in [6, 6.07) is 0.868. The molecule has 2 nitrogen and oxygen atoms in total. The highest BCUT2D eigenvalue weighted by molar-refractivity contribution is 4.81. The van der Waals surface area contributed by atoms with Crippen LogP contribution in [0.25, 0.3) is 0 Å². The zero-order valence-electron chi connectivity index (χ0n) is 17.4. The van der Waals surface area contributed by atoms with E-state index >= 15 is 0 Å². The maximum absolute atomic E-state index is 2.75. The van der Waals surface area contributed by atoms with E-state index < -0.39 is 0 Å². The van der Waals surface area contributed by atoms with Gasteiger partial charge in [0.25, 0.3) is 0 Å². The van der Waals surface area contributed by atoms with Crippen LogP contribution < -0.4 is 0 Å². The van der Waals surface area contributed by atoms with Crippen molar-refractivity contribution in [3.8, 4) is 0 Å². The second-order valence-corrected chi connectivity index (χ2v) is 6.90. The predicted octanol–water partition coefficient (Wildman–Crippen LogP) is 5.67. The van der Waals surface area contributed by atoms with Crippen molar-refractivity contribution in [2.24, 2.45) is 11.8 Å². The number of likely N-dealkylation sites (tertiary alicyclic amines) is 1. The zero-order chi connectivity index (χ0) is 17.7. The average molecular weight is 327 g/mol. The second-order valence-electron chi connectivity index (χ2n) is 6.90. The SMILES string of the molecule is CC.CC.CCC1CCN(CC2CCC(N(C)CC)CC2)CC1. The van der Waals surface area contributed by atoms with E-state index in [-0.39, 0.29) is 0 Å². The van der Waals surface area contributed by atoms with Crippen molar-refractivity contribution < 1.29 is 0 Å². The fourth-order valence-electron chi connectivity index (χ4n) is 3.97. The summed E-state index contributed by atoms with van der Waals surface area (Å²) in [5.41, 5.74) is 0. The lowest BCUT2D eigenvalue weighted by Gasteiger charge is -2.38. The van der Waals surface area contributed by atoms with Crippen molar-refractivity contribution in [2.75, 3.05) is 33.2 Å². The molecule has 140 valence electrons. The van der Waals surface area contributed by atoms with Gasteiger partial charge in [-0.1, -0.05) is 48.0 Å². The first-order chi connectivity index (χ1) is 11.2. The lowest BCUT2D eigenvalue weighted by Crippen LogP contribution is -2.40. The maximum Gasteiger partial charge on any atom is 0.00923 e. The number of rotatable bonds is 5. The smallest absolute Gasteiger partial charge is 0.00923 e. The number of piperidine rings is 1. The van der Waals surface area contributed by atoms with Crippen LogP contribution in [-0.4, -0.2) is 49.1 Å². The monoisotopic (exact) mass is 326 g/mol. The molecule has 1 aliphatic carbocycles. The molecule has 1 saturated heterocycles. The van der Waals surface area contributed by atoms with Gasteiger partial charge in [0, 0.05) is 12.6 Å². The van der Waals surface area contributed by atoms with Gasteiger partial charge in [0.2, 0.25) is 0 Å². The quantitative estimate of drug-likeness (QED) is 0.642. The van der Waals surface area contributed by atoms with Crippen LogP contribution in [-0.2, 0) is 0 Å². The summed E-state index contributed by atoms with van der Waals surface area (Å²) in [5, 5.41) is 0. The minimum absolute atomic E-state index is 0.868. The normalized spacial score (nSPS) is 26.1. The van der Waals surface area contributed by atoms with Gasteiger partial charge >= 0.3 is 0 Å². The molecule has 2 heteroatoms. The van der Waals surface area contributed by atoms with E-state index in [2.05, 4.69) is 30.7 Å². The lowest BCUT2D eigenvalue weighted by molar-refractivity contribution is 0.118. The van der Waals surface area contributed by atoms with Crippen molar-refractivity contribution in [1.29, 1.82) is 0 Å². The molecule has 2 rings (SSSR count). The van der Waals surface area contributed by atoms with Gasteiger partial charge in [-0.15, -0.1) is 0 Å². The second kappa shape index (κ2) is 14.3. The van der Waals surface area contributed by atoms with E-state index in [0.717, 1.165) is 17.9 Å². The highest BCUT2D eigenvalue weighted by atomic mass is 15.1. The van der Waals surface area contributed by atoms with E-state index in [1.54, 1.807) is 0 Å². The summed E-state index contributed by atoms with van der Waals surface area (Å²) in [4.78, 5) is 5.30. The summed E-state index contributed by atoms with van der Waals surface area (Å²) >= 11 is 0. The van der Waals surface area contributed by atoms with Gasteiger partial charge in [-0.3, -0.25) is 0 Å². The molecule has 0 atom stereocenters. The topological polar surface area (TPSA) is 6.48 Å². The van der Waals surface area contributed by atoms with E-state index in [1.807, 2.05) is 27.7 Å². The highest BCUT2D eigenvalue weighted by Gasteiger charge is 2.26. The molecule has 0 aromatic carbocycles. The van der Waals surface area contributed by atoms with Crippen molar-refractivity contribution in [3.63, 3.8) is 0 Å². The first-order valence-electron chi connectivity index (χ1n) is 10.7. The van der Waals surface area contributed by atoms with Gasteiger partial charge in [0.05, 0.1) is 0 Å². The molecular weight excluding hydrogens is 280 g/mol.